The monoisotopic (exact) mass is 308 g/mol. The largest absolute Gasteiger partial charge is 0.306 e. The first kappa shape index (κ1) is 13.2. The average Bonchev–Trinajstić information content (AvgIpc) is 2.40. The van der Waals surface area contributed by atoms with E-state index >= 15 is 0 Å². The number of rotatable bonds is 4. The predicted molar refractivity (Wildman–Crippen MR) is 73.6 cm³/mol. The summed E-state index contributed by atoms with van der Waals surface area (Å²) in [6.07, 6.45) is 3.54. The van der Waals surface area contributed by atoms with Gasteiger partial charge in [-0.2, -0.15) is 0 Å². The van der Waals surface area contributed by atoms with Crippen LogP contribution < -0.4 is 5.32 Å². The SMILES string of the molecule is CC(NCc1cc(F)ccc1Br)c1ccncc1. The molecule has 1 N–H and O–H groups in total. The maximum atomic E-state index is 13.1. The van der Waals surface area contributed by atoms with Gasteiger partial charge in [0.05, 0.1) is 0 Å². The standard InChI is InChI=1S/C14H14BrFN2/c1-10(11-4-6-17-7-5-11)18-9-12-8-13(16)2-3-14(12)15/h2-8,10,18H,9H2,1H3. The van der Waals surface area contributed by atoms with Crippen LogP contribution >= 0.6 is 15.9 Å². The van der Waals surface area contributed by atoms with E-state index in [2.05, 4.69) is 33.2 Å². The van der Waals surface area contributed by atoms with Crippen LogP contribution in [0.5, 0.6) is 0 Å². The van der Waals surface area contributed by atoms with Gasteiger partial charge < -0.3 is 5.32 Å². The summed E-state index contributed by atoms with van der Waals surface area (Å²) >= 11 is 3.42. The van der Waals surface area contributed by atoms with Crippen LogP contribution in [-0.2, 0) is 6.54 Å². The van der Waals surface area contributed by atoms with E-state index in [1.165, 1.54) is 12.1 Å². The van der Waals surface area contributed by atoms with E-state index in [1.54, 1.807) is 18.5 Å². The number of pyridine rings is 1. The van der Waals surface area contributed by atoms with E-state index in [0.717, 1.165) is 15.6 Å². The normalized spacial score (nSPS) is 12.4. The number of halogens is 2. The van der Waals surface area contributed by atoms with E-state index in [4.69, 9.17) is 0 Å². The lowest BCUT2D eigenvalue weighted by molar-refractivity contribution is 0.567. The fourth-order valence-corrected chi connectivity index (χ4v) is 2.10. The molecule has 1 aromatic carbocycles. The van der Waals surface area contributed by atoms with E-state index in [9.17, 15) is 4.39 Å². The molecule has 1 atom stereocenters. The molecule has 0 bridgehead atoms. The molecule has 0 saturated heterocycles. The van der Waals surface area contributed by atoms with Crippen molar-refractivity contribution in [1.29, 1.82) is 0 Å². The highest BCUT2D eigenvalue weighted by Gasteiger charge is 2.06. The zero-order valence-corrected chi connectivity index (χ0v) is 11.6. The van der Waals surface area contributed by atoms with Crippen molar-refractivity contribution in [2.24, 2.45) is 0 Å². The maximum Gasteiger partial charge on any atom is 0.123 e. The molecule has 0 aliphatic rings. The molecule has 0 aliphatic heterocycles. The van der Waals surface area contributed by atoms with Crippen molar-refractivity contribution >= 4 is 15.9 Å². The summed E-state index contributed by atoms with van der Waals surface area (Å²) in [5.74, 6) is -0.216. The lowest BCUT2D eigenvalue weighted by Crippen LogP contribution is -2.18. The number of nitrogens with one attached hydrogen (secondary N) is 1. The van der Waals surface area contributed by atoms with Crippen LogP contribution in [0.15, 0.2) is 47.2 Å². The van der Waals surface area contributed by atoms with Crippen molar-refractivity contribution in [3.05, 3.63) is 64.1 Å². The number of benzene rings is 1. The van der Waals surface area contributed by atoms with Gasteiger partial charge in [-0.15, -0.1) is 0 Å². The first-order valence-corrected chi connectivity index (χ1v) is 6.53. The van der Waals surface area contributed by atoms with E-state index in [1.807, 2.05) is 12.1 Å². The Labute approximate surface area is 114 Å². The summed E-state index contributed by atoms with van der Waals surface area (Å²) in [7, 11) is 0. The predicted octanol–water partition coefficient (Wildman–Crippen LogP) is 3.83. The Balaban J connectivity index is 2.01. The highest BCUT2D eigenvalue weighted by molar-refractivity contribution is 9.10. The van der Waals surface area contributed by atoms with Crippen molar-refractivity contribution in [3.8, 4) is 0 Å². The Morgan fingerprint density at radius 3 is 2.72 bits per heavy atom. The third-order valence-corrected chi connectivity index (χ3v) is 3.59. The summed E-state index contributed by atoms with van der Waals surface area (Å²) in [6.45, 7) is 2.68. The van der Waals surface area contributed by atoms with Crippen LogP contribution in [0.1, 0.15) is 24.1 Å². The lowest BCUT2D eigenvalue weighted by atomic mass is 10.1. The smallest absolute Gasteiger partial charge is 0.123 e. The van der Waals surface area contributed by atoms with Gasteiger partial charge in [0.25, 0.3) is 0 Å². The van der Waals surface area contributed by atoms with Gasteiger partial charge in [-0.25, -0.2) is 4.39 Å². The molecular formula is C14H14BrFN2. The average molecular weight is 309 g/mol. The second-order valence-corrected chi connectivity index (χ2v) is 4.97. The molecule has 0 amide bonds. The molecule has 0 aliphatic carbocycles. The number of hydrogen-bond acceptors (Lipinski definition) is 2. The van der Waals surface area contributed by atoms with Gasteiger partial charge >= 0.3 is 0 Å². The lowest BCUT2D eigenvalue weighted by Gasteiger charge is -2.14. The molecule has 0 fully saturated rings. The quantitative estimate of drug-likeness (QED) is 0.928. The summed E-state index contributed by atoms with van der Waals surface area (Å²) in [6, 6.07) is 8.85. The minimum atomic E-state index is -0.216. The van der Waals surface area contributed by atoms with E-state index in [-0.39, 0.29) is 11.9 Å². The Hall–Kier alpha value is -1.26. The summed E-state index contributed by atoms with van der Waals surface area (Å²) in [4.78, 5) is 3.99. The van der Waals surface area contributed by atoms with Crippen molar-refractivity contribution in [3.63, 3.8) is 0 Å². The molecule has 2 nitrogen and oxygen atoms in total. The molecular weight excluding hydrogens is 295 g/mol. The van der Waals surface area contributed by atoms with Crippen LogP contribution in [0.4, 0.5) is 4.39 Å². The molecule has 94 valence electrons. The zero-order chi connectivity index (χ0) is 13.0. The first-order chi connectivity index (χ1) is 8.66. The van der Waals surface area contributed by atoms with Gasteiger partial charge in [0.1, 0.15) is 5.82 Å². The van der Waals surface area contributed by atoms with E-state index < -0.39 is 0 Å². The van der Waals surface area contributed by atoms with Crippen LogP contribution in [0.3, 0.4) is 0 Å². The Morgan fingerprint density at radius 2 is 2.00 bits per heavy atom. The molecule has 2 rings (SSSR count). The summed E-state index contributed by atoms with van der Waals surface area (Å²) < 4.78 is 14.1. The van der Waals surface area contributed by atoms with Crippen LogP contribution in [-0.4, -0.2) is 4.98 Å². The van der Waals surface area contributed by atoms with Gasteiger partial charge in [0.2, 0.25) is 0 Å². The highest BCUT2D eigenvalue weighted by atomic mass is 79.9. The third kappa shape index (κ3) is 3.37. The van der Waals surface area contributed by atoms with Gasteiger partial charge in [-0.05, 0) is 48.4 Å². The van der Waals surface area contributed by atoms with Crippen LogP contribution in [0.2, 0.25) is 0 Å². The summed E-state index contributed by atoms with van der Waals surface area (Å²) in [5, 5.41) is 3.36. The molecule has 4 heteroatoms. The Morgan fingerprint density at radius 1 is 1.28 bits per heavy atom. The van der Waals surface area contributed by atoms with Crippen molar-refractivity contribution in [1.82, 2.24) is 10.3 Å². The molecule has 0 saturated carbocycles. The minimum absolute atomic E-state index is 0.197. The van der Waals surface area contributed by atoms with Crippen molar-refractivity contribution < 1.29 is 4.39 Å². The fourth-order valence-electron chi connectivity index (χ4n) is 1.71. The van der Waals surface area contributed by atoms with Gasteiger partial charge in [-0.1, -0.05) is 15.9 Å². The number of aromatic nitrogens is 1. The number of nitrogens with zero attached hydrogens (tertiary/aromatic N) is 1. The topological polar surface area (TPSA) is 24.9 Å². The molecule has 0 radical (unpaired) electrons. The van der Waals surface area contributed by atoms with Gasteiger partial charge in [0.15, 0.2) is 0 Å². The minimum Gasteiger partial charge on any atom is -0.306 e. The summed E-state index contributed by atoms with van der Waals surface area (Å²) in [5.41, 5.74) is 2.08. The van der Waals surface area contributed by atoms with Gasteiger partial charge in [-0.3, -0.25) is 4.98 Å². The molecule has 2 aromatic rings. The second kappa shape index (κ2) is 6.07. The Bertz CT molecular complexity index is 516. The zero-order valence-electron chi connectivity index (χ0n) is 10.0. The molecule has 1 unspecified atom stereocenters. The van der Waals surface area contributed by atoms with Crippen LogP contribution in [0.25, 0.3) is 0 Å². The molecule has 0 spiro atoms. The van der Waals surface area contributed by atoms with Gasteiger partial charge in [0, 0.05) is 29.5 Å². The molecule has 1 aromatic heterocycles. The van der Waals surface area contributed by atoms with Crippen LogP contribution in [0, 0.1) is 5.82 Å². The van der Waals surface area contributed by atoms with Crippen molar-refractivity contribution in [2.45, 2.75) is 19.5 Å². The third-order valence-electron chi connectivity index (χ3n) is 2.81. The van der Waals surface area contributed by atoms with Crippen molar-refractivity contribution in [2.75, 3.05) is 0 Å². The fraction of sp³-hybridized carbons (Fsp3) is 0.214. The second-order valence-electron chi connectivity index (χ2n) is 4.12. The molecule has 18 heavy (non-hydrogen) atoms. The van der Waals surface area contributed by atoms with E-state index in [0.29, 0.717) is 6.54 Å². The first-order valence-electron chi connectivity index (χ1n) is 5.74. The maximum absolute atomic E-state index is 13.1. The molecule has 1 heterocycles. The highest BCUT2D eigenvalue weighted by Crippen LogP contribution is 2.19. The number of hydrogen-bond donors (Lipinski definition) is 1. The Kier molecular flexibility index (Phi) is 4.44.